The molecule has 0 radical (unpaired) electrons. The largest absolute Gasteiger partial charge is 0.347 e. The van der Waals surface area contributed by atoms with E-state index < -0.39 is 11.7 Å². The number of nitrogens with one attached hydrogen (secondary N) is 1. The van der Waals surface area contributed by atoms with Crippen LogP contribution in [0.5, 0.6) is 0 Å². The molecule has 4 rings (SSSR count). The molecular formula is C22H20ClFN6O2. The second-order valence-electron chi connectivity index (χ2n) is 8.16. The summed E-state index contributed by atoms with van der Waals surface area (Å²) < 4.78 is 20.2. The van der Waals surface area contributed by atoms with Crippen molar-refractivity contribution in [2.45, 2.75) is 32.7 Å². The van der Waals surface area contributed by atoms with E-state index in [0.717, 1.165) is 0 Å². The zero-order valence-electron chi connectivity index (χ0n) is 17.6. The molecule has 1 N–H and O–H groups in total. The molecule has 10 heteroatoms. The van der Waals surface area contributed by atoms with E-state index in [4.69, 9.17) is 16.1 Å². The molecule has 0 spiro atoms. The quantitative estimate of drug-likeness (QED) is 0.481. The highest BCUT2D eigenvalue weighted by Gasteiger charge is 2.22. The zero-order chi connectivity index (χ0) is 22.9. The number of carbonyl (C=O) groups excluding carboxylic acids is 1. The second kappa shape index (κ2) is 8.51. The SMILES string of the molecule is CC(C)(C)c1noc(-c2ccnc(-n3cnc(C(=O)NCc4ccc(F)cc4Cl)c3)c2)n1. The third kappa shape index (κ3) is 4.67. The second-order valence-corrected chi connectivity index (χ2v) is 8.57. The average Bonchev–Trinajstić information content (AvgIpc) is 3.43. The number of halogens is 2. The van der Waals surface area contributed by atoms with Gasteiger partial charge in [-0.3, -0.25) is 9.36 Å². The van der Waals surface area contributed by atoms with E-state index in [1.165, 1.54) is 24.5 Å². The number of hydrogen-bond acceptors (Lipinski definition) is 6. The van der Waals surface area contributed by atoms with Crippen molar-refractivity contribution in [1.29, 1.82) is 0 Å². The first-order chi connectivity index (χ1) is 15.2. The molecular weight excluding hydrogens is 435 g/mol. The topological polar surface area (TPSA) is 98.7 Å². The minimum atomic E-state index is -0.436. The van der Waals surface area contributed by atoms with Gasteiger partial charge in [0, 0.05) is 34.9 Å². The lowest BCUT2D eigenvalue weighted by atomic mass is 9.96. The van der Waals surface area contributed by atoms with Gasteiger partial charge in [0.05, 0.1) is 0 Å². The Morgan fingerprint density at radius 3 is 2.75 bits per heavy atom. The number of rotatable bonds is 5. The fraction of sp³-hybridized carbons (Fsp3) is 0.227. The fourth-order valence-electron chi connectivity index (χ4n) is 2.83. The first kappa shape index (κ1) is 21.6. The van der Waals surface area contributed by atoms with Crippen LogP contribution in [0, 0.1) is 5.82 Å². The Morgan fingerprint density at radius 2 is 2.03 bits per heavy atom. The maximum atomic E-state index is 13.2. The van der Waals surface area contributed by atoms with E-state index in [9.17, 15) is 9.18 Å². The van der Waals surface area contributed by atoms with Gasteiger partial charge < -0.3 is 9.84 Å². The van der Waals surface area contributed by atoms with E-state index in [-0.39, 0.29) is 22.7 Å². The lowest BCUT2D eigenvalue weighted by Crippen LogP contribution is -2.23. The first-order valence-corrected chi connectivity index (χ1v) is 10.2. The number of benzene rings is 1. The Labute approximate surface area is 188 Å². The summed E-state index contributed by atoms with van der Waals surface area (Å²) >= 11 is 6.00. The Bertz CT molecular complexity index is 1280. The number of nitrogens with zero attached hydrogens (tertiary/aromatic N) is 5. The molecule has 0 saturated heterocycles. The third-order valence-corrected chi connectivity index (χ3v) is 4.98. The molecule has 0 unspecified atom stereocenters. The number of carbonyl (C=O) groups is 1. The van der Waals surface area contributed by atoms with Crippen molar-refractivity contribution in [3.63, 3.8) is 0 Å². The molecule has 0 aliphatic carbocycles. The average molecular weight is 455 g/mol. The zero-order valence-corrected chi connectivity index (χ0v) is 18.4. The Balaban J connectivity index is 1.49. The highest BCUT2D eigenvalue weighted by molar-refractivity contribution is 6.31. The van der Waals surface area contributed by atoms with E-state index in [1.807, 2.05) is 20.8 Å². The minimum Gasteiger partial charge on any atom is -0.347 e. The standard InChI is InChI=1S/C22H20ClFN6O2/c1-22(2,3)21-28-20(32-29-21)13-6-7-25-18(8-13)30-11-17(27-12-30)19(31)26-10-14-4-5-15(24)9-16(14)23/h4-9,11-12H,10H2,1-3H3,(H,26,31). The molecule has 3 aromatic heterocycles. The molecule has 1 aromatic carbocycles. The van der Waals surface area contributed by atoms with Crippen molar-refractivity contribution in [3.8, 4) is 17.3 Å². The van der Waals surface area contributed by atoms with Crippen LogP contribution in [0.15, 0.2) is 53.6 Å². The van der Waals surface area contributed by atoms with Gasteiger partial charge in [0.2, 0.25) is 0 Å². The molecule has 0 aliphatic heterocycles. The van der Waals surface area contributed by atoms with Gasteiger partial charge in [-0.25, -0.2) is 14.4 Å². The number of amides is 1. The van der Waals surface area contributed by atoms with E-state index >= 15 is 0 Å². The van der Waals surface area contributed by atoms with Crippen LogP contribution < -0.4 is 5.32 Å². The van der Waals surface area contributed by atoms with Crippen molar-refractivity contribution in [3.05, 3.63) is 77.0 Å². The highest BCUT2D eigenvalue weighted by Crippen LogP contribution is 2.24. The lowest BCUT2D eigenvalue weighted by Gasteiger charge is -2.10. The van der Waals surface area contributed by atoms with Crippen LogP contribution in [0.2, 0.25) is 5.02 Å². The van der Waals surface area contributed by atoms with Crippen LogP contribution in [-0.2, 0) is 12.0 Å². The van der Waals surface area contributed by atoms with Gasteiger partial charge in [-0.15, -0.1) is 0 Å². The predicted octanol–water partition coefficient (Wildman–Crippen LogP) is 4.34. The van der Waals surface area contributed by atoms with Gasteiger partial charge in [-0.1, -0.05) is 43.6 Å². The van der Waals surface area contributed by atoms with E-state index in [0.29, 0.717) is 28.7 Å². The summed E-state index contributed by atoms with van der Waals surface area (Å²) in [5, 5.41) is 7.00. The maximum absolute atomic E-state index is 13.2. The number of imidazole rings is 1. The maximum Gasteiger partial charge on any atom is 0.271 e. The smallest absolute Gasteiger partial charge is 0.271 e. The molecule has 0 bridgehead atoms. The van der Waals surface area contributed by atoms with Crippen molar-refractivity contribution in [2.75, 3.05) is 0 Å². The molecule has 0 fully saturated rings. The van der Waals surface area contributed by atoms with Crippen LogP contribution in [0.1, 0.15) is 42.6 Å². The third-order valence-electron chi connectivity index (χ3n) is 4.62. The van der Waals surface area contributed by atoms with Crippen LogP contribution >= 0.6 is 11.6 Å². The molecule has 4 aromatic rings. The monoisotopic (exact) mass is 454 g/mol. The molecule has 8 nitrogen and oxygen atoms in total. The van der Waals surface area contributed by atoms with Gasteiger partial charge in [0.25, 0.3) is 11.8 Å². The van der Waals surface area contributed by atoms with Crippen LogP contribution in [0.25, 0.3) is 17.3 Å². The molecule has 0 aliphatic rings. The molecule has 1 amide bonds. The van der Waals surface area contributed by atoms with Crippen LogP contribution in [0.4, 0.5) is 4.39 Å². The van der Waals surface area contributed by atoms with Crippen molar-refractivity contribution in [2.24, 2.45) is 0 Å². The molecule has 3 heterocycles. The van der Waals surface area contributed by atoms with Crippen LogP contribution in [-0.4, -0.2) is 30.6 Å². The number of hydrogen-bond donors (Lipinski definition) is 1. The summed E-state index contributed by atoms with van der Waals surface area (Å²) in [5.41, 5.74) is 1.26. The summed E-state index contributed by atoms with van der Waals surface area (Å²) in [6, 6.07) is 7.54. The molecule has 32 heavy (non-hydrogen) atoms. The van der Waals surface area contributed by atoms with Gasteiger partial charge in [-0.05, 0) is 29.8 Å². The first-order valence-electron chi connectivity index (χ1n) is 9.78. The summed E-state index contributed by atoms with van der Waals surface area (Å²) in [5.74, 6) is 0.688. The minimum absolute atomic E-state index is 0.145. The summed E-state index contributed by atoms with van der Waals surface area (Å²) in [7, 11) is 0. The lowest BCUT2D eigenvalue weighted by molar-refractivity contribution is 0.0946. The highest BCUT2D eigenvalue weighted by atomic mass is 35.5. The Morgan fingerprint density at radius 1 is 1.22 bits per heavy atom. The van der Waals surface area contributed by atoms with Crippen LogP contribution in [0.3, 0.4) is 0 Å². The predicted molar refractivity (Wildman–Crippen MR) is 116 cm³/mol. The van der Waals surface area contributed by atoms with Gasteiger partial charge in [0.15, 0.2) is 5.82 Å². The van der Waals surface area contributed by atoms with E-state index in [1.54, 1.807) is 29.1 Å². The summed E-state index contributed by atoms with van der Waals surface area (Å²) in [6.45, 7) is 6.15. The van der Waals surface area contributed by atoms with Gasteiger partial charge in [0.1, 0.15) is 23.7 Å². The molecule has 164 valence electrons. The fourth-order valence-corrected chi connectivity index (χ4v) is 3.07. The van der Waals surface area contributed by atoms with Gasteiger partial charge in [-0.2, -0.15) is 4.98 Å². The molecule has 0 atom stereocenters. The number of pyridine rings is 1. The summed E-state index contributed by atoms with van der Waals surface area (Å²) in [4.78, 5) is 25.4. The van der Waals surface area contributed by atoms with Crippen molar-refractivity contribution < 1.29 is 13.7 Å². The van der Waals surface area contributed by atoms with Gasteiger partial charge >= 0.3 is 0 Å². The van der Waals surface area contributed by atoms with E-state index in [2.05, 4.69) is 25.4 Å². The normalized spacial score (nSPS) is 11.5. The Kier molecular flexibility index (Phi) is 5.75. The molecule has 0 saturated carbocycles. The summed E-state index contributed by atoms with van der Waals surface area (Å²) in [6.07, 6.45) is 4.66. The Hall–Kier alpha value is -3.59. The van der Waals surface area contributed by atoms with Crippen molar-refractivity contribution in [1.82, 2.24) is 30.0 Å². The number of aromatic nitrogens is 5. The van der Waals surface area contributed by atoms with Crippen molar-refractivity contribution >= 4 is 17.5 Å².